The largest absolute Gasteiger partial charge is 0.327 e. The molecule has 3 nitrogen and oxygen atoms in total. The van der Waals surface area contributed by atoms with Crippen molar-refractivity contribution in [3.8, 4) is 0 Å². The minimum absolute atomic E-state index is 0. The molecule has 2 aliphatic rings. The molecular formula is C16H20ClF3N2O. The van der Waals surface area contributed by atoms with Crippen molar-refractivity contribution in [2.24, 2.45) is 23.5 Å². The third-order valence-corrected chi connectivity index (χ3v) is 5.05. The molecule has 0 spiro atoms. The predicted octanol–water partition coefficient (Wildman–Crippen LogP) is 3.62. The van der Waals surface area contributed by atoms with Gasteiger partial charge >= 0.3 is 0 Å². The van der Waals surface area contributed by atoms with E-state index in [1.165, 1.54) is 0 Å². The first-order valence-corrected chi connectivity index (χ1v) is 7.66. The molecule has 0 aliphatic heterocycles. The van der Waals surface area contributed by atoms with E-state index in [1.54, 1.807) is 0 Å². The van der Waals surface area contributed by atoms with Crippen LogP contribution < -0.4 is 11.1 Å². The van der Waals surface area contributed by atoms with Crippen LogP contribution in [0, 0.1) is 35.2 Å². The molecule has 1 amide bonds. The van der Waals surface area contributed by atoms with Gasteiger partial charge in [0.1, 0.15) is 5.82 Å². The predicted molar refractivity (Wildman–Crippen MR) is 83.7 cm³/mol. The van der Waals surface area contributed by atoms with E-state index in [0.29, 0.717) is 36.8 Å². The van der Waals surface area contributed by atoms with E-state index in [2.05, 4.69) is 5.32 Å². The Morgan fingerprint density at radius 1 is 1.04 bits per heavy atom. The van der Waals surface area contributed by atoms with Crippen LogP contribution in [-0.4, -0.2) is 11.9 Å². The third-order valence-electron chi connectivity index (χ3n) is 5.05. The van der Waals surface area contributed by atoms with Gasteiger partial charge in [-0.05, 0) is 37.5 Å². The van der Waals surface area contributed by atoms with Crippen molar-refractivity contribution in [3.63, 3.8) is 0 Å². The monoisotopic (exact) mass is 348 g/mol. The Kier molecular flexibility index (Phi) is 5.57. The highest BCUT2D eigenvalue weighted by atomic mass is 35.5. The van der Waals surface area contributed by atoms with Crippen LogP contribution in [-0.2, 0) is 4.79 Å². The van der Waals surface area contributed by atoms with Crippen LogP contribution in [0.1, 0.15) is 32.1 Å². The number of fused-ring (bicyclic) bond motifs is 2. The molecular weight excluding hydrogens is 329 g/mol. The number of nitrogens with two attached hydrogens (primary N) is 1. The van der Waals surface area contributed by atoms with Gasteiger partial charge in [-0.1, -0.05) is 6.42 Å². The van der Waals surface area contributed by atoms with Gasteiger partial charge in [-0.25, -0.2) is 13.2 Å². The van der Waals surface area contributed by atoms with Gasteiger partial charge in [-0.3, -0.25) is 4.79 Å². The van der Waals surface area contributed by atoms with Gasteiger partial charge in [0.05, 0.1) is 5.69 Å². The number of rotatable bonds is 2. The molecule has 2 saturated carbocycles. The van der Waals surface area contributed by atoms with Gasteiger partial charge in [0.25, 0.3) is 0 Å². The van der Waals surface area contributed by atoms with Crippen LogP contribution in [0.3, 0.4) is 0 Å². The summed E-state index contributed by atoms with van der Waals surface area (Å²) in [4.78, 5) is 12.3. The van der Waals surface area contributed by atoms with Gasteiger partial charge in [0.2, 0.25) is 5.91 Å². The lowest BCUT2D eigenvalue weighted by Crippen LogP contribution is -2.48. The van der Waals surface area contributed by atoms with Crippen molar-refractivity contribution in [3.05, 3.63) is 29.6 Å². The molecule has 0 saturated heterocycles. The molecule has 2 bridgehead atoms. The van der Waals surface area contributed by atoms with E-state index in [1.807, 2.05) is 0 Å². The number of nitrogens with one attached hydrogen (secondary N) is 1. The van der Waals surface area contributed by atoms with Crippen molar-refractivity contribution in [1.82, 2.24) is 0 Å². The van der Waals surface area contributed by atoms with Crippen molar-refractivity contribution in [1.29, 1.82) is 0 Å². The molecule has 0 heterocycles. The molecule has 128 valence electrons. The fourth-order valence-electron chi connectivity index (χ4n) is 3.86. The van der Waals surface area contributed by atoms with Crippen molar-refractivity contribution >= 4 is 24.0 Å². The van der Waals surface area contributed by atoms with Gasteiger partial charge in [-0.15, -0.1) is 12.4 Å². The Labute approximate surface area is 139 Å². The summed E-state index contributed by atoms with van der Waals surface area (Å²) in [5.74, 6) is -3.37. The molecule has 1 aromatic carbocycles. The van der Waals surface area contributed by atoms with Gasteiger partial charge < -0.3 is 11.1 Å². The topological polar surface area (TPSA) is 55.1 Å². The Hall–Kier alpha value is -1.27. The first-order valence-electron chi connectivity index (χ1n) is 7.66. The molecule has 2 aliphatic carbocycles. The number of hydrogen-bond acceptors (Lipinski definition) is 2. The number of hydrogen-bond donors (Lipinski definition) is 2. The van der Waals surface area contributed by atoms with E-state index in [9.17, 15) is 18.0 Å². The summed E-state index contributed by atoms with van der Waals surface area (Å²) in [5.41, 5.74) is 5.86. The zero-order chi connectivity index (χ0) is 15.9. The van der Waals surface area contributed by atoms with Crippen molar-refractivity contribution in [2.75, 3.05) is 5.32 Å². The smallest absolute Gasteiger partial charge is 0.227 e. The maximum atomic E-state index is 13.6. The van der Waals surface area contributed by atoms with Crippen LogP contribution in [0.5, 0.6) is 0 Å². The number of halogens is 4. The summed E-state index contributed by atoms with van der Waals surface area (Å²) in [5, 5.41) is 2.39. The highest BCUT2D eigenvalue weighted by molar-refractivity contribution is 5.92. The first kappa shape index (κ1) is 18.1. The zero-order valence-electron chi connectivity index (χ0n) is 12.5. The number of anilines is 1. The lowest BCUT2D eigenvalue weighted by Gasteiger charge is -2.43. The minimum atomic E-state index is -1.27. The molecule has 1 aromatic rings. The maximum absolute atomic E-state index is 13.6. The SMILES string of the molecule is Cl.NC1C2CCCC1CC(C(=O)Nc1cc(F)c(F)cc1F)C2. The summed E-state index contributed by atoms with van der Waals surface area (Å²) in [6.07, 6.45) is 4.51. The Bertz CT molecular complexity index is 585. The second-order valence-corrected chi connectivity index (χ2v) is 6.43. The number of carbonyl (C=O) groups excluding carboxylic acids is 1. The van der Waals surface area contributed by atoms with Crippen LogP contribution in [0.2, 0.25) is 0 Å². The van der Waals surface area contributed by atoms with Crippen molar-refractivity contribution in [2.45, 2.75) is 38.1 Å². The number of carbonyl (C=O) groups is 1. The third kappa shape index (κ3) is 3.63. The lowest BCUT2D eigenvalue weighted by atomic mass is 9.65. The molecule has 2 atom stereocenters. The van der Waals surface area contributed by atoms with E-state index in [4.69, 9.17) is 5.73 Å². The summed E-state index contributed by atoms with van der Waals surface area (Å²) < 4.78 is 39.7. The van der Waals surface area contributed by atoms with E-state index < -0.39 is 17.5 Å². The fourth-order valence-corrected chi connectivity index (χ4v) is 3.86. The first-order chi connectivity index (χ1) is 10.5. The molecule has 2 unspecified atom stereocenters. The normalized spacial score (nSPS) is 29.6. The second kappa shape index (κ2) is 7.09. The van der Waals surface area contributed by atoms with Crippen LogP contribution in [0.25, 0.3) is 0 Å². The van der Waals surface area contributed by atoms with Gasteiger partial charge in [0, 0.05) is 24.1 Å². The molecule has 3 N–H and O–H groups in total. The van der Waals surface area contributed by atoms with Crippen LogP contribution in [0.15, 0.2) is 12.1 Å². The van der Waals surface area contributed by atoms with Crippen molar-refractivity contribution < 1.29 is 18.0 Å². The highest BCUT2D eigenvalue weighted by Crippen LogP contribution is 2.42. The molecule has 0 radical (unpaired) electrons. The lowest BCUT2D eigenvalue weighted by molar-refractivity contribution is -0.122. The quantitative estimate of drug-likeness (QED) is 0.802. The highest BCUT2D eigenvalue weighted by Gasteiger charge is 2.40. The maximum Gasteiger partial charge on any atom is 0.227 e. The van der Waals surface area contributed by atoms with Crippen LogP contribution >= 0.6 is 12.4 Å². The average molecular weight is 349 g/mol. The van der Waals surface area contributed by atoms with Crippen LogP contribution in [0.4, 0.5) is 18.9 Å². The summed E-state index contributed by atoms with van der Waals surface area (Å²) in [6.45, 7) is 0. The molecule has 0 aromatic heterocycles. The van der Waals surface area contributed by atoms with Gasteiger partial charge in [-0.2, -0.15) is 0 Å². The number of benzene rings is 1. The molecule has 3 rings (SSSR count). The Balaban J connectivity index is 0.00000192. The standard InChI is InChI=1S/C16H19F3N2O.ClH/c17-11-6-13(19)14(7-12(11)18)21-16(22)10-4-8-2-1-3-9(5-10)15(8)20;/h6-10,15H,1-5,20H2,(H,21,22);1H. The zero-order valence-corrected chi connectivity index (χ0v) is 13.3. The van der Waals surface area contributed by atoms with Gasteiger partial charge in [0.15, 0.2) is 11.6 Å². The van der Waals surface area contributed by atoms with E-state index in [-0.39, 0.29) is 36.0 Å². The summed E-state index contributed by atoms with van der Waals surface area (Å²) >= 11 is 0. The summed E-state index contributed by atoms with van der Waals surface area (Å²) in [6, 6.07) is 1.26. The van der Waals surface area contributed by atoms with E-state index in [0.717, 1.165) is 19.3 Å². The minimum Gasteiger partial charge on any atom is -0.327 e. The fraction of sp³-hybridized carbons (Fsp3) is 0.562. The molecule has 7 heteroatoms. The summed E-state index contributed by atoms with van der Waals surface area (Å²) in [7, 11) is 0. The molecule has 23 heavy (non-hydrogen) atoms. The Morgan fingerprint density at radius 3 is 2.22 bits per heavy atom. The number of amides is 1. The average Bonchev–Trinajstić information content (AvgIpc) is 2.44. The molecule has 2 fully saturated rings. The Morgan fingerprint density at radius 2 is 1.61 bits per heavy atom. The van der Waals surface area contributed by atoms with E-state index >= 15 is 0 Å². The second-order valence-electron chi connectivity index (χ2n) is 6.43.